The van der Waals surface area contributed by atoms with Crippen LogP contribution in [-0.4, -0.2) is 24.8 Å². The van der Waals surface area contributed by atoms with Crippen molar-refractivity contribution in [1.82, 2.24) is 0 Å². The van der Waals surface area contributed by atoms with Crippen LogP contribution in [0.15, 0.2) is 24.3 Å². The molecule has 2 rings (SSSR count). The van der Waals surface area contributed by atoms with Gasteiger partial charge in [-0.1, -0.05) is 77.5 Å². The standard InChI is InChI=1S/C26H44O3/c1-4-6-8-10-11-13-15-22(14-12-9-7-5-2)18-21(3)20-28-26(27)23-16-17-24-25(19-23)29-24/h13,15,22-25H,3-12,14,16-20H2,1-2H3/b15-13+. The molecule has 0 spiro atoms. The van der Waals surface area contributed by atoms with Gasteiger partial charge in [-0.3, -0.25) is 4.79 Å². The number of carbonyl (C=O) groups is 1. The van der Waals surface area contributed by atoms with Crippen LogP contribution in [0.5, 0.6) is 0 Å². The Morgan fingerprint density at radius 2 is 1.83 bits per heavy atom. The summed E-state index contributed by atoms with van der Waals surface area (Å²) in [6.07, 6.45) is 22.0. The summed E-state index contributed by atoms with van der Waals surface area (Å²) >= 11 is 0. The number of hydrogen-bond donors (Lipinski definition) is 0. The molecule has 1 aliphatic carbocycles. The maximum absolute atomic E-state index is 12.4. The van der Waals surface area contributed by atoms with Gasteiger partial charge in [0.15, 0.2) is 0 Å². The van der Waals surface area contributed by atoms with Crippen LogP contribution in [0.25, 0.3) is 0 Å². The zero-order valence-electron chi connectivity index (χ0n) is 19.0. The van der Waals surface area contributed by atoms with E-state index in [2.05, 4.69) is 32.6 Å². The van der Waals surface area contributed by atoms with Crippen LogP contribution in [0.2, 0.25) is 0 Å². The Balaban J connectivity index is 1.68. The van der Waals surface area contributed by atoms with E-state index in [0.717, 1.165) is 31.3 Å². The van der Waals surface area contributed by atoms with Gasteiger partial charge in [0.05, 0.1) is 18.1 Å². The monoisotopic (exact) mass is 404 g/mol. The van der Waals surface area contributed by atoms with Crippen LogP contribution in [0.1, 0.15) is 104 Å². The van der Waals surface area contributed by atoms with E-state index in [4.69, 9.17) is 9.47 Å². The average molecular weight is 405 g/mol. The van der Waals surface area contributed by atoms with Gasteiger partial charge in [-0.25, -0.2) is 0 Å². The van der Waals surface area contributed by atoms with Crippen molar-refractivity contribution < 1.29 is 14.3 Å². The van der Waals surface area contributed by atoms with E-state index < -0.39 is 0 Å². The quantitative estimate of drug-likeness (QED) is 0.119. The molecule has 3 nitrogen and oxygen atoms in total. The first kappa shape index (κ1) is 24.2. The molecule has 166 valence electrons. The molecule has 3 heteroatoms. The molecule has 2 fully saturated rings. The number of unbranched alkanes of at least 4 members (excludes halogenated alkanes) is 7. The fourth-order valence-electron chi connectivity index (χ4n) is 4.42. The number of ether oxygens (including phenoxy) is 2. The van der Waals surface area contributed by atoms with Crippen LogP contribution in [0, 0.1) is 11.8 Å². The molecule has 1 aliphatic heterocycles. The van der Waals surface area contributed by atoms with Gasteiger partial charge in [0, 0.05) is 0 Å². The van der Waals surface area contributed by atoms with E-state index in [1.54, 1.807) is 0 Å². The summed E-state index contributed by atoms with van der Waals surface area (Å²) in [5, 5.41) is 0. The molecule has 0 radical (unpaired) electrons. The lowest BCUT2D eigenvalue weighted by Gasteiger charge is -2.19. The first-order chi connectivity index (χ1) is 14.1. The maximum Gasteiger partial charge on any atom is 0.309 e. The second-order valence-corrected chi connectivity index (χ2v) is 9.17. The second-order valence-electron chi connectivity index (χ2n) is 9.17. The minimum atomic E-state index is -0.0499. The molecule has 4 unspecified atom stereocenters. The molecule has 0 aromatic carbocycles. The molecule has 0 bridgehead atoms. The smallest absolute Gasteiger partial charge is 0.309 e. The first-order valence-corrected chi connectivity index (χ1v) is 12.3. The Morgan fingerprint density at radius 1 is 1.07 bits per heavy atom. The minimum absolute atomic E-state index is 0.0272. The van der Waals surface area contributed by atoms with Gasteiger partial charge in [-0.2, -0.15) is 0 Å². The van der Waals surface area contributed by atoms with Crippen LogP contribution < -0.4 is 0 Å². The van der Waals surface area contributed by atoms with E-state index in [1.165, 1.54) is 64.2 Å². The number of rotatable bonds is 16. The number of fused-ring (bicyclic) bond motifs is 1. The molecule has 1 heterocycles. The van der Waals surface area contributed by atoms with Crippen molar-refractivity contribution in [3.63, 3.8) is 0 Å². The van der Waals surface area contributed by atoms with Crippen molar-refractivity contribution in [1.29, 1.82) is 0 Å². The van der Waals surface area contributed by atoms with Gasteiger partial charge in [-0.05, 0) is 56.4 Å². The van der Waals surface area contributed by atoms with Gasteiger partial charge in [0.25, 0.3) is 0 Å². The summed E-state index contributed by atoms with van der Waals surface area (Å²) < 4.78 is 11.1. The van der Waals surface area contributed by atoms with E-state index in [-0.39, 0.29) is 11.9 Å². The fraction of sp³-hybridized carbons (Fsp3) is 0.808. The van der Waals surface area contributed by atoms with Gasteiger partial charge < -0.3 is 9.47 Å². The van der Waals surface area contributed by atoms with Gasteiger partial charge in [-0.15, -0.1) is 0 Å². The summed E-state index contributed by atoms with van der Waals surface area (Å²) in [6, 6.07) is 0. The number of hydrogen-bond acceptors (Lipinski definition) is 3. The second kappa shape index (κ2) is 14.0. The predicted octanol–water partition coefficient (Wildman–Crippen LogP) is 7.16. The summed E-state index contributed by atoms with van der Waals surface area (Å²) in [5.41, 5.74) is 1.05. The molecule has 0 aromatic heterocycles. The lowest BCUT2D eigenvalue weighted by molar-refractivity contribution is -0.148. The Hall–Kier alpha value is -1.09. The Kier molecular flexibility index (Phi) is 11.7. The third-order valence-corrected chi connectivity index (χ3v) is 6.37. The predicted molar refractivity (Wildman–Crippen MR) is 121 cm³/mol. The average Bonchev–Trinajstić information content (AvgIpc) is 3.50. The van der Waals surface area contributed by atoms with E-state index in [1.807, 2.05) is 0 Å². The maximum atomic E-state index is 12.4. The van der Waals surface area contributed by atoms with Gasteiger partial charge in [0.1, 0.15) is 6.61 Å². The lowest BCUT2D eigenvalue weighted by Crippen LogP contribution is -2.24. The van der Waals surface area contributed by atoms with Crippen molar-refractivity contribution >= 4 is 5.97 Å². The van der Waals surface area contributed by atoms with Crippen molar-refractivity contribution in [3.05, 3.63) is 24.3 Å². The molecule has 29 heavy (non-hydrogen) atoms. The largest absolute Gasteiger partial charge is 0.461 e. The van der Waals surface area contributed by atoms with E-state index >= 15 is 0 Å². The minimum Gasteiger partial charge on any atom is -0.461 e. The molecule has 1 saturated heterocycles. The summed E-state index contributed by atoms with van der Waals surface area (Å²) in [6.45, 7) is 9.10. The third kappa shape index (κ3) is 9.98. The lowest BCUT2D eigenvalue weighted by atomic mass is 9.89. The zero-order valence-corrected chi connectivity index (χ0v) is 19.0. The summed E-state index contributed by atoms with van der Waals surface area (Å²) in [5.74, 6) is 0.505. The molecular formula is C26H44O3. The van der Waals surface area contributed by atoms with E-state index in [0.29, 0.717) is 24.7 Å². The van der Waals surface area contributed by atoms with Crippen LogP contribution >= 0.6 is 0 Å². The van der Waals surface area contributed by atoms with Crippen LogP contribution in [-0.2, 0) is 14.3 Å². The van der Waals surface area contributed by atoms with Crippen LogP contribution in [0.3, 0.4) is 0 Å². The molecule has 0 aromatic rings. The highest BCUT2D eigenvalue weighted by Gasteiger charge is 2.46. The Morgan fingerprint density at radius 3 is 2.55 bits per heavy atom. The molecule has 1 saturated carbocycles. The highest BCUT2D eigenvalue weighted by atomic mass is 16.6. The Bertz CT molecular complexity index is 510. The zero-order chi connectivity index (χ0) is 20.9. The highest BCUT2D eigenvalue weighted by Crippen LogP contribution is 2.39. The van der Waals surface area contributed by atoms with Crippen molar-refractivity contribution in [3.8, 4) is 0 Å². The highest BCUT2D eigenvalue weighted by molar-refractivity contribution is 5.72. The molecule has 4 atom stereocenters. The third-order valence-electron chi connectivity index (χ3n) is 6.37. The first-order valence-electron chi connectivity index (χ1n) is 12.3. The fourth-order valence-corrected chi connectivity index (χ4v) is 4.42. The van der Waals surface area contributed by atoms with Crippen molar-refractivity contribution in [2.24, 2.45) is 11.8 Å². The summed E-state index contributed by atoms with van der Waals surface area (Å²) in [7, 11) is 0. The van der Waals surface area contributed by atoms with Gasteiger partial charge >= 0.3 is 5.97 Å². The number of epoxide rings is 1. The number of carbonyl (C=O) groups excluding carboxylic acids is 1. The topological polar surface area (TPSA) is 38.8 Å². The summed E-state index contributed by atoms with van der Waals surface area (Å²) in [4.78, 5) is 12.4. The number of esters is 1. The molecular weight excluding hydrogens is 360 g/mol. The normalized spacial score (nSPS) is 24.3. The van der Waals surface area contributed by atoms with Crippen molar-refractivity contribution in [2.75, 3.05) is 6.61 Å². The SMILES string of the molecule is C=C(COC(=O)C1CCC2OC2C1)CC(/C=C/CCCCCC)CCCCCC. The van der Waals surface area contributed by atoms with E-state index in [9.17, 15) is 4.79 Å². The molecule has 0 amide bonds. The molecule has 0 N–H and O–H groups in total. The van der Waals surface area contributed by atoms with Gasteiger partial charge in [0.2, 0.25) is 0 Å². The van der Waals surface area contributed by atoms with Crippen molar-refractivity contribution in [2.45, 2.75) is 116 Å². The van der Waals surface area contributed by atoms with Crippen LogP contribution in [0.4, 0.5) is 0 Å². The number of allylic oxidation sites excluding steroid dienone is 2. The molecule has 2 aliphatic rings. The Labute approximate surface area is 179 Å².